The Labute approximate surface area is 114 Å². The number of carboxylic acids is 1. The molecule has 0 aliphatic rings. The van der Waals surface area contributed by atoms with Crippen molar-refractivity contribution in [1.82, 2.24) is 4.90 Å². The summed E-state index contributed by atoms with van der Waals surface area (Å²) in [6.45, 7) is 0. The Bertz CT molecular complexity index is 566. The second-order valence-electron chi connectivity index (χ2n) is 4.04. The molecule has 0 saturated heterocycles. The van der Waals surface area contributed by atoms with E-state index < -0.39 is 12.0 Å². The maximum atomic E-state index is 12.2. The first-order valence-electron chi connectivity index (χ1n) is 5.69. The van der Waals surface area contributed by atoms with E-state index in [1.165, 1.54) is 23.3 Å². The monoisotopic (exact) mass is 275 g/mol. The van der Waals surface area contributed by atoms with Crippen LogP contribution < -0.4 is 0 Å². The third-order valence-electron chi connectivity index (χ3n) is 2.79. The van der Waals surface area contributed by atoms with E-state index >= 15 is 0 Å². The largest absolute Gasteiger partial charge is 0.479 e. The lowest BCUT2D eigenvalue weighted by Crippen LogP contribution is -2.35. The molecule has 1 unspecified atom stereocenters. The van der Waals surface area contributed by atoms with Crippen molar-refractivity contribution in [1.29, 1.82) is 0 Å². The lowest BCUT2D eigenvalue weighted by Gasteiger charge is -2.24. The van der Waals surface area contributed by atoms with Crippen LogP contribution in [0.2, 0.25) is 0 Å². The zero-order valence-corrected chi connectivity index (χ0v) is 11.1. The van der Waals surface area contributed by atoms with Crippen molar-refractivity contribution < 1.29 is 14.7 Å². The molecule has 0 spiro atoms. The quantitative estimate of drug-likeness (QED) is 0.933. The summed E-state index contributed by atoms with van der Waals surface area (Å²) in [5.74, 6) is -1.33. The minimum atomic E-state index is -1.04. The van der Waals surface area contributed by atoms with Crippen LogP contribution in [0.1, 0.15) is 21.3 Å². The Morgan fingerprint density at radius 3 is 2.37 bits per heavy atom. The van der Waals surface area contributed by atoms with Crippen molar-refractivity contribution >= 4 is 23.2 Å². The number of carboxylic acid groups (broad SMARTS) is 1. The molecule has 1 amide bonds. The topological polar surface area (TPSA) is 57.6 Å². The predicted octanol–water partition coefficient (Wildman–Crippen LogP) is 2.65. The maximum absolute atomic E-state index is 12.2. The van der Waals surface area contributed by atoms with Crippen LogP contribution in [0.15, 0.2) is 47.8 Å². The highest BCUT2D eigenvalue weighted by molar-refractivity contribution is 7.12. The predicted molar refractivity (Wildman–Crippen MR) is 73.2 cm³/mol. The summed E-state index contributed by atoms with van der Waals surface area (Å²) < 4.78 is 0. The average Bonchev–Trinajstić information content (AvgIpc) is 2.92. The molecular weight excluding hydrogens is 262 g/mol. The number of likely N-dealkylation sites (N-methyl/N-ethyl adjacent to an activating group) is 1. The van der Waals surface area contributed by atoms with Gasteiger partial charge in [-0.2, -0.15) is 0 Å². The van der Waals surface area contributed by atoms with Crippen molar-refractivity contribution in [3.8, 4) is 0 Å². The Morgan fingerprint density at radius 1 is 1.16 bits per heavy atom. The minimum Gasteiger partial charge on any atom is -0.479 e. The van der Waals surface area contributed by atoms with Gasteiger partial charge in [0.2, 0.25) is 0 Å². The first kappa shape index (κ1) is 13.3. The Morgan fingerprint density at radius 2 is 1.84 bits per heavy atom. The smallest absolute Gasteiger partial charge is 0.331 e. The second kappa shape index (κ2) is 5.67. The zero-order chi connectivity index (χ0) is 13.8. The fraction of sp³-hybridized carbons (Fsp3) is 0.143. The van der Waals surface area contributed by atoms with Gasteiger partial charge in [-0.25, -0.2) is 4.79 Å². The van der Waals surface area contributed by atoms with E-state index in [9.17, 15) is 14.7 Å². The van der Waals surface area contributed by atoms with Crippen LogP contribution in [-0.2, 0) is 4.79 Å². The fourth-order valence-corrected chi connectivity index (χ4v) is 2.56. The lowest BCUT2D eigenvalue weighted by atomic mass is 10.1. The molecule has 0 saturated carbocycles. The molecule has 0 bridgehead atoms. The van der Waals surface area contributed by atoms with E-state index in [0.717, 1.165) is 0 Å². The normalized spacial score (nSPS) is 11.8. The van der Waals surface area contributed by atoms with E-state index in [1.807, 2.05) is 6.07 Å². The molecule has 98 valence electrons. The number of carbonyl (C=O) groups excluding carboxylic acids is 1. The number of nitrogens with zero attached hydrogens (tertiary/aromatic N) is 1. The number of hydrogen-bond acceptors (Lipinski definition) is 3. The van der Waals surface area contributed by atoms with Gasteiger partial charge in [-0.05, 0) is 17.0 Å². The standard InChI is InChI=1S/C14H13NO3S/c1-15(13(16)11-8-5-9-19-11)12(14(17)18)10-6-3-2-4-7-10/h2-9,12H,1H3,(H,17,18). The summed E-state index contributed by atoms with van der Waals surface area (Å²) in [5.41, 5.74) is 0.586. The number of aliphatic carboxylic acids is 1. The summed E-state index contributed by atoms with van der Waals surface area (Å²) in [4.78, 5) is 25.4. The van der Waals surface area contributed by atoms with Crippen molar-refractivity contribution in [2.45, 2.75) is 6.04 Å². The summed E-state index contributed by atoms with van der Waals surface area (Å²) in [6, 6.07) is 11.2. The highest BCUT2D eigenvalue weighted by atomic mass is 32.1. The molecule has 19 heavy (non-hydrogen) atoms. The molecule has 2 aromatic rings. The second-order valence-corrected chi connectivity index (χ2v) is 4.99. The lowest BCUT2D eigenvalue weighted by molar-refractivity contribution is -0.142. The average molecular weight is 275 g/mol. The van der Waals surface area contributed by atoms with Gasteiger partial charge in [-0.15, -0.1) is 11.3 Å². The molecule has 4 nitrogen and oxygen atoms in total. The molecule has 0 fully saturated rings. The van der Waals surface area contributed by atoms with Gasteiger partial charge in [0.25, 0.3) is 5.91 Å². The molecule has 0 radical (unpaired) electrons. The van der Waals surface area contributed by atoms with Gasteiger partial charge in [0, 0.05) is 7.05 Å². The van der Waals surface area contributed by atoms with E-state index in [1.54, 1.807) is 41.8 Å². The van der Waals surface area contributed by atoms with Crippen molar-refractivity contribution in [3.05, 3.63) is 58.3 Å². The summed E-state index contributed by atoms with van der Waals surface area (Å²) in [7, 11) is 1.51. The van der Waals surface area contributed by atoms with Gasteiger partial charge in [0.15, 0.2) is 6.04 Å². The van der Waals surface area contributed by atoms with Gasteiger partial charge in [-0.1, -0.05) is 36.4 Å². The summed E-state index contributed by atoms with van der Waals surface area (Å²) in [6.07, 6.45) is 0. The van der Waals surface area contributed by atoms with Gasteiger partial charge in [0.1, 0.15) is 0 Å². The molecule has 1 atom stereocenters. The van der Waals surface area contributed by atoms with Gasteiger partial charge >= 0.3 is 5.97 Å². The number of thiophene rings is 1. The molecule has 5 heteroatoms. The molecule has 2 rings (SSSR count). The highest BCUT2D eigenvalue weighted by Gasteiger charge is 2.29. The Balaban J connectivity index is 2.30. The molecule has 1 aromatic carbocycles. The first-order valence-corrected chi connectivity index (χ1v) is 6.57. The number of rotatable bonds is 4. The van der Waals surface area contributed by atoms with Gasteiger partial charge in [0.05, 0.1) is 4.88 Å². The molecule has 0 aliphatic heterocycles. The Kier molecular flexibility index (Phi) is 3.97. The summed E-state index contributed by atoms with van der Waals surface area (Å²) >= 11 is 1.30. The van der Waals surface area contributed by atoms with Crippen LogP contribution >= 0.6 is 11.3 Å². The number of hydrogen-bond donors (Lipinski definition) is 1. The first-order chi connectivity index (χ1) is 9.11. The van der Waals surface area contributed by atoms with E-state index in [4.69, 9.17) is 0 Å². The number of carbonyl (C=O) groups is 2. The maximum Gasteiger partial charge on any atom is 0.331 e. The van der Waals surface area contributed by atoms with E-state index in [0.29, 0.717) is 10.4 Å². The van der Waals surface area contributed by atoms with Gasteiger partial charge < -0.3 is 10.0 Å². The number of benzene rings is 1. The van der Waals surface area contributed by atoms with Gasteiger partial charge in [-0.3, -0.25) is 4.79 Å². The van der Waals surface area contributed by atoms with Crippen LogP contribution in [0.4, 0.5) is 0 Å². The Hall–Kier alpha value is -2.14. The van der Waals surface area contributed by atoms with Crippen LogP contribution in [0.5, 0.6) is 0 Å². The molecule has 0 aliphatic carbocycles. The molecule has 1 aromatic heterocycles. The highest BCUT2D eigenvalue weighted by Crippen LogP contribution is 2.22. The zero-order valence-electron chi connectivity index (χ0n) is 10.3. The molecular formula is C14H13NO3S. The van der Waals surface area contributed by atoms with Crippen molar-refractivity contribution in [2.24, 2.45) is 0 Å². The SMILES string of the molecule is CN(C(=O)c1cccs1)C(C(=O)O)c1ccccc1. The van der Waals surface area contributed by atoms with Crippen LogP contribution in [0.25, 0.3) is 0 Å². The third kappa shape index (κ3) is 2.82. The number of amides is 1. The van der Waals surface area contributed by atoms with Crippen LogP contribution in [0.3, 0.4) is 0 Å². The third-order valence-corrected chi connectivity index (χ3v) is 3.65. The molecule has 1 N–H and O–H groups in total. The van der Waals surface area contributed by atoms with Crippen LogP contribution in [0, 0.1) is 0 Å². The molecule has 1 heterocycles. The minimum absolute atomic E-state index is 0.286. The van der Waals surface area contributed by atoms with E-state index in [-0.39, 0.29) is 5.91 Å². The summed E-state index contributed by atoms with van der Waals surface area (Å²) in [5, 5.41) is 11.1. The van der Waals surface area contributed by atoms with Crippen LogP contribution in [-0.4, -0.2) is 28.9 Å². The fourth-order valence-electron chi connectivity index (χ4n) is 1.86. The van der Waals surface area contributed by atoms with Crippen molar-refractivity contribution in [3.63, 3.8) is 0 Å². The van der Waals surface area contributed by atoms with E-state index in [2.05, 4.69) is 0 Å². The van der Waals surface area contributed by atoms with Crippen molar-refractivity contribution in [2.75, 3.05) is 7.05 Å².